The summed E-state index contributed by atoms with van der Waals surface area (Å²) in [6, 6.07) is 10.9. The molecule has 0 aliphatic heterocycles. The first-order valence-corrected chi connectivity index (χ1v) is 5.94. The van der Waals surface area contributed by atoms with Crippen LogP contribution in [0.3, 0.4) is 0 Å². The molecule has 2 rings (SSSR count). The van der Waals surface area contributed by atoms with Crippen molar-refractivity contribution < 1.29 is 0 Å². The maximum atomic E-state index is 2.44. The highest BCUT2D eigenvalue weighted by molar-refractivity contribution is 5.18. The summed E-state index contributed by atoms with van der Waals surface area (Å²) in [6.07, 6.45) is 6.71. The summed E-state index contributed by atoms with van der Waals surface area (Å²) in [5.74, 6) is 0. The van der Waals surface area contributed by atoms with E-state index in [1.165, 1.54) is 37.7 Å². The Labute approximate surface area is 93.1 Å². The van der Waals surface area contributed by atoms with Gasteiger partial charge >= 0.3 is 0 Å². The van der Waals surface area contributed by atoms with Gasteiger partial charge in [-0.25, -0.2) is 0 Å². The van der Waals surface area contributed by atoms with Gasteiger partial charge in [-0.15, -0.1) is 0 Å². The van der Waals surface area contributed by atoms with Gasteiger partial charge in [-0.1, -0.05) is 43.2 Å². The van der Waals surface area contributed by atoms with Crippen molar-refractivity contribution in [1.29, 1.82) is 0 Å². The van der Waals surface area contributed by atoms with E-state index in [0.717, 1.165) is 0 Å². The average Bonchev–Trinajstić information content (AvgIpc) is 2.69. The smallest absolute Gasteiger partial charge is 0.0243 e. The fourth-order valence-electron chi connectivity index (χ4n) is 2.79. The van der Waals surface area contributed by atoms with Gasteiger partial charge in [0.2, 0.25) is 0 Å². The molecular formula is C14H21N. The van der Waals surface area contributed by atoms with Crippen LogP contribution in [-0.2, 0) is 6.42 Å². The molecule has 0 bridgehead atoms. The molecule has 0 N–H and O–H groups in total. The van der Waals surface area contributed by atoms with Crippen LogP contribution in [-0.4, -0.2) is 24.5 Å². The Morgan fingerprint density at radius 3 is 2.20 bits per heavy atom. The molecule has 0 spiro atoms. The molecular weight excluding hydrogens is 182 g/mol. The third-order valence-corrected chi connectivity index (χ3v) is 3.86. The van der Waals surface area contributed by atoms with Gasteiger partial charge in [-0.3, -0.25) is 0 Å². The highest BCUT2D eigenvalue weighted by atomic mass is 15.1. The summed E-state index contributed by atoms with van der Waals surface area (Å²) in [7, 11) is 4.46. The third kappa shape index (κ3) is 2.23. The van der Waals surface area contributed by atoms with E-state index >= 15 is 0 Å². The van der Waals surface area contributed by atoms with Crippen LogP contribution in [0.25, 0.3) is 0 Å². The second-order valence-electron chi connectivity index (χ2n) is 4.99. The minimum absolute atomic E-state index is 0.432. The predicted molar refractivity (Wildman–Crippen MR) is 65.0 cm³/mol. The number of hydrogen-bond acceptors (Lipinski definition) is 1. The molecule has 82 valence electrons. The SMILES string of the molecule is CN(C)C1(Cc2ccccc2)CCCC1. The van der Waals surface area contributed by atoms with Gasteiger partial charge in [-0.2, -0.15) is 0 Å². The molecule has 1 aromatic rings. The van der Waals surface area contributed by atoms with Crippen LogP contribution in [0.5, 0.6) is 0 Å². The van der Waals surface area contributed by atoms with Crippen molar-refractivity contribution in [2.24, 2.45) is 0 Å². The third-order valence-electron chi connectivity index (χ3n) is 3.86. The molecule has 0 aromatic heterocycles. The standard InChI is InChI=1S/C14H21N/c1-15(2)14(10-6-7-11-14)12-13-8-4-3-5-9-13/h3-5,8-9H,6-7,10-12H2,1-2H3. The molecule has 0 saturated heterocycles. The molecule has 0 atom stereocenters. The maximum absolute atomic E-state index is 2.44. The quantitative estimate of drug-likeness (QED) is 0.729. The van der Waals surface area contributed by atoms with Gasteiger partial charge in [0.05, 0.1) is 0 Å². The van der Waals surface area contributed by atoms with Crippen molar-refractivity contribution >= 4 is 0 Å². The van der Waals surface area contributed by atoms with Crippen LogP contribution < -0.4 is 0 Å². The van der Waals surface area contributed by atoms with Gasteiger partial charge in [0.1, 0.15) is 0 Å². The summed E-state index contributed by atoms with van der Waals surface area (Å²) in [4.78, 5) is 2.44. The molecule has 1 heteroatoms. The fraction of sp³-hybridized carbons (Fsp3) is 0.571. The van der Waals surface area contributed by atoms with Crippen LogP contribution in [0, 0.1) is 0 Å². The molecule has 15 heavy (non-hydrogen) atoms. The number of nitrogens with zero attached hydrogens (tertiary/aromatic N) is 1. The second kappa shape index (κ2) is 4.36. The van der Waals surface area contributed by atoms with Gasteiger partial charge < -0.3 is 4.90 Å². The number of benzene rings is 1. The lowest BCUT2D eigenvalue weighted by Gasteiger charge is -2.36. The van der Waals surface area contributed by atoms with Crippen molar-refractivity contribution in [2.45, 2.75) is 37.6 Å². The van der Waals surface area contributed by atoms with Crippen LogP contribution >= 0.6 is 0 Å². The van der Waals surface area contributed by atoms with Crippen molar-refractivity contribution in [3.63, 3.8) is 0 Å². The lowest BCUT2D eigenvalue weighted by Crippen LogP contribution is -2.43. The van der Waals surface area contributed by atoms with Crippen LogP contribution in [0.4, 0.5) is 0 Å². The topological polar surface area (TPSA) is 3.24 Å². The van der Waals surface area contributed by atoms with Crippen LogP contribution in [0.1, 0.15) is 31.2 Å². The molecule has 1 aliphatic rings. The number of rotatable bonds is 3. The molecule has 0 amide bonds. The maximum Gasteiger partial charge on any atom is 0.0243 e. The van der Waals surface area contributed by atoms with E-state index in [1.807, 2.05) is 0 Å². The van der Waals surface area contributed by atoms with E-state index in [0.29, 0.717) is 5.54 Å². The van der Waals surface area contributed by atoms with E-state index in [9.17, 15) is 0 Å². The molecule has 0 radical (unpaired) electrons. The predicted octanol–water partition coefficient (Wildman–Crippen LogP) is 3.10. The zero-order chi connectivity index (χ0) is 10.7. The van der Waals surface area contributed by atoms with Crippen molar-refractivity contribution in [3.8, 4) is 0 Å². The Morgan fingerprint density at radius 1 is 1.07 bits per heavy atom. The number of hydrogen-bond donors (Lipinski definition) is 0. The molecule has 0 heterocycles. The molecule has 1 saturated carbocycles. The van der Waals surface area contributed by atoms with Gasteiger partial charge in [0.15, 0.2) is 0 Å². The van der Waals surface area contributed by atoms with Crippen molar-refractivity contribution in [1.82, 2.24) is 4.90 Å². The Balaban J connectivity index is 2.14. The van der Waals surface area contributed by atoms with E-state index in [1.54, 1.807) is 0 Å². The Kier molecular flexibility index (Phi) is 3.11. The summed E-state index contributed by atoms with van der Waals surface area (Å²) in [6.45, 7) is 0. The zero-order valence-electron chi connectivity index (χ0n) is 9.87. The Morgan fingerprint density at radius 2 is 1.67 bits per heavy atom. The molecule has 0 unspecified atom stereocenters. The lowest BCUT2D eigenvalue weighted by atomic mass is 9.88. The van der Waals surface area contributed by atoms with Crippen molar-refractivity contribution in [3.05, 3.63) is 35.9 Å². The van der Waals surface area contributed by atoms with E-state index < -0.39 is 0 Å². The van der Waals surface area contributed by atoms with E-state index in [-0.39, 0.29) is 0 Å². The van der Waals surface area contributed by atoms with Gasteiger partial charge in [-0.05, 0) is 38.9 Å². The molecule has 1 aromatic carbocycles. The van der Waals surface area contributed by atoms with E-state index in [4.69, 9.17) is 0 Å². The monoisotopic (exact) mass is 203 g/mol. The van der Waals surface area contributed by atoms with Crippen molar-refractivity contribution in [2.75, 3.05) is 14.1 Å². The number of likely N-dealkylation sites (N-methyl/N-ethyl adjacent to an activating group) is 1. The molecule has 1 aliphatic carbocycles. The summed E-state index contributed by atoms with van der Waals surface area (Å²) in [5, 5.41) is 0. The average molecular weight is 203 g/mol. The normalized spacial score (nSPS) is 19.7. The summed E-state index contributed by atoms with van der Waals surface area (Å²) in [5.41, 5.74) is 1.91. The lowest BCUT2D eigenvalue weighted by molar-refractivity contribution is 0.157. The molecule has 1 nitrogen and oxygen atoms in total. The first-order valence-electron chi connectivity index (χ1n) is 5.94. The minimum Gasteiger partial charge on any atom is -0.303 e. The minimum atomic E-state index is 0.432. The first-order chi connectivity index (χ1) is 7.23. The first kappa shape index (κ1) is 10.7. The van der Waals surface area contributed by atoms with E-state index in [2.05, 4.69) is 49.3 Å². The highest BCUT2D eigenvalue weighted by Gasteiger charge is 2.35. The van der Waals surface area contributed by atoms with Gasteiger partial charge in [0, 0.05) is 5.54 Å². The van der Waals surface area contributed by atoms with Gasteiger partial charge in [0.25, 0.3) is 0 Å². The van der Waals surface area contributed by atoms with Crippen LogP contribution in [0.15, 0.2) is 30.3 Å². The Hall–Kier alpha value is -0.820. The second-order valence-corrected chi connectivity index (χ2v) is 4.99. The Bertz CT molecular complexity index is 296. The highest BCUT2D eigenvalue weighted by Crippen LogP contribution is 2.36. The fourth-order valence-corrected chi connectivity index (χ4v) is 2.79. The largest absolute Gasteiger partial charge is 0.303 e. The molecule has 1 fully saturated rings. The zero-order valence-corrected chi connectivity index (χ0v) is 9.87. The summed E-state index contributed by atoms with van der Waals surface area (Å²) >= 11 is 0. The van der Waals surface area contributed by atoms with Crippen LogP contribution in [0.2, 0.25) is 0 Å². The summed E-state index contributed by atoms with van der Waals surface area (Å²) < 4.78 is 0.